The smallest absolute Gasteiger partial charge is 0.310 e. The molecule has 24 heavy (non-hydrogen) atoms. The van der Waals surface area contributed by atoms with Gasteiger partial charge in [-0.15, -0.1) is 0 Å². The van der Waals surface area contributed by atoms with Crippen molar-refractivity contribution in [3.63, 3.8) is 0 Å². The van der Waals surface area contributed by atoms with Crippen molar-refractivity contribution in [2.24, 2.45) is 0 Å². The van der Waals surface area contributed by atoms with Gasteiger partial charge in [0.05, 0.1) is 17.9 Å². The Bertz CT molecular complexity index is 719. The Kier molecular flexibility index (Phi) is 6.23. The van der Waals surface area contributed by atoms with E-state index in [2.05, 4.69) is 0 Å². The van der Waals surface area contributed by atoms with Crippen LogP contribution in [0.5, 0.6) is 0 Å². The van der Waals surface area contributed by atoms with Crippen LogP contribution in [0.3, 0.4) is 0 Å². The Balaban J connectivity index is 1.87. The number of amides is 1. The maximum Gasteiger partial charge on any atom is 0.310 e. The molecule has 1 aromatic carbocycles. The van der Waals surface area contributed by atoms with E-state index in [-0.39, 0.29) is 29.9 Å². The second-order valence-electron chi connectivity index (χ2n) is 5.67. The minimum atomic E-state index is -3.08. The van der Waals surface area contributed by atoms with Crippen molar-refractivity contribution in [2.75, 3.05) is 24.7 Å². The largest absolute Gasteiger partial charge is 0.455 e. The number of carbonyl (C=O) groups excluding carboxylic acids is 2. The average Bonchev–Trinajstić information content (AvgIpc) is 2.88. The van der Waals surface area contributed by atoms with Crippen LogP contribution in [0.2, 0.25) is 5.02 Å². The molecule has 0 aromatic heterocycles. The summed E-state index contributed by atoms with van der Waals surface area (Å²) in [5, 5.41) is 0.465. The summed E-state index contributed by atoms with van der Waals surface area (Å²) < 4.78 is 28.1. The number of esters is 1. The fraction of sp³-hybridized carbons (Fsp3) is 0.500. The maximum atomic E-state index is 12.2. The lowest BCUT2D eigenvalue weighted by Crippen LogP contribution is -2.43. The highest BCUT2D eigenvalue weighted by atomic mass is 35.5. The van der Waals surface area contributed by atoms with Gasteiger partial charge in [-0.1, -0.05) is 29.8 Å². The van der Waals surface area contributed by atoms with E-state index < -0.39 is 22.4 Å². The highest BCUT2D eigenvalue weighted by Gasteiger charge is 2.34. The summed E-state index contributed by atoms with van der Waals surface area (Å²) in [4.78, 5) is 25.5. The predicted molar refractivity (Wildman–Crippen MR) is 90.6 cm³/mol. The highest BCUT2D eigenvalue weighted by Crippen LogP contribution is 2.18. The number of rotatable bonds is 6. The quantitative estimate of drug-likeness (QED) is 0.705. The third kappa shape index (κ3) is 4.95. The molecule has 0 N–H and O–H groups in total. The monoisotopic (exact) mass is 373 g/mol. The molecule has 2 rings (SSSR count). The van der Waals surface area contributed by atoms with Crippen LogP contribution in [0.15, 0.2) is 24.3 Å². The van der Waals surface area contributed by atoms with Gasteiger partial charge in [0.25, 0.3) is 5.91 Å². The van der Waals surface area contributed by atoms with Gasteiger partial charge in [-0.2, -0.15) is 0 Å². The van der Waals surface area contributed by atoms with Crippen molar-refractivity contribution in [3.8, 4) is 0 Å². The second-order valence-corrected chi connectivity index (χ2v) is 8.30. The van der Waals surface area contributed by atoms with Gasteiger partial charge < -0.3 is 9.64 Å². The number of carbonyl (C=O) groups is 2. The fourth-order valence-electron chi connectivity index (χ4n) is 2.73. The first-order valence-electron chi connectivity index (χ1n) is 7.71. The third-order valence-electron chi connectivity index (χ3n) is 3.96. The topological polar surface area (TPSA) is 80.8 Å². The molecule has 0 aliphatic carbocycles. The predicted octanol–water partition coefficient (Wildman–Crippen LogP) is 1.46. The molecule has 1 fully saturated rings. The van der Waals surface area contributed by atoms with Crippen LogP contribution in [0.1, 0.15) is 18.9 Å². The molecule has 1 atom stereocenters. The molecule has 0 bridgehead atoms. The number of halogens is 1. The number of hydrogen-bond donors (Lipinski definition) is 0. The summed E-state index contributed by atoms with van der Waals surface area (Å²) in [6.45, 7) is 1.75. The molecule has 1 saturated heterocycles. The summed E-state index contributed by atoms with van der Waals surface area (Å²) >= 11 is 5.98. The van der Waals surface area contributed by atoms with Crippen molar-refractivity contribution in [1.29, 1.82) is 0 Å². The minimum absolute atomic E-state index is 0.0170. The van der Waals surface area contributed by atoms with Crippen LogP contribution in [0, 0.1) is 0 Å². The molecular weight excluding hydrogens is 354 g/mol. The number of hydrogen-bond acceptors (Lipinski definition) is 5. The molecule has 0 saturated carbocycles. The molecule has 0 spiro atoms. The van der Waals surface area contributed by atoms with E-state index in [1.165, 1.54) is 4.90 Å². The van der Waals surface area contributed by atoms with E-state index in [9.17, 15) is 18.0 Å². The average molecular weight is 374 g/mol. The van der Waals surface area contributed by atoms with Crippen LogP contribution in [0.4, 0.5) is 0 Å². The highest BCUT2D eigenvalue weighted by molar-refractivity contribution is 7.91. The minimum Gasteiger partial charge on any atom is -0.455 e. The van der Waals surface area contributed by atoms with Crippen molar-refractivity contribution in [1.82, 2.24) is 4.90 Å². The molecular formula is C16H20ClNO5S. The summed E-state index contributed by atoms with van der Waals surface area (Å²) in [6, 6.07) is 6.57. The van der Waals surface area contributed by atoms with Crippen LogP contribution < -0.4 is 0 Å². The lowest BCUT2D eigenvalue weighted by atomic mass is 10.1. The number of benzene rings is 1. The Hall–Kier alpha value is -1.60. The summed E-state index contributed by atoms with van der Waals surface area (Å²) in [6.07, 6.45) is 0.409. The number of likely N-dealkylation sites (N-methyl/N-ethyl adjacent to an activating group) is 1. The summed E-state index contributed by atoms with van der Waals surface area (Å²) in [7, 11) is -3.08. The van der Waals surface area contributed by atoms with Crippen LogP contribution in [-0.4, -0.2) is 55.9 Å². The first kappa shape index (κ1) is 18.7. The molecule has 1 heterocycles. The van der Waals surface area contributed by atoms with Crippen LogP contribution in [0.25, 0.3) is 0 Å². The van der Waals surface area contributed by atoms with Crippen LogP contribution >= 0.6 is 11.6 Å². The molecule has 1 aliphatic heterocycles. The Morgan fingerprint density at radius 3 is 2.62 bits per heavy atom. The number of sulfone groups is 1. The zero-order valence-corrected chi connectivity index (χ0v) is 15.0. The van der Waals surface area contributed by atoms with E-state index in [1.807, 2.05) is 0 Å². The first-order chi connectivity index (χ1) is 11.3. The van der Waals surface area contributed by atoms with Gasteiger partial charge in [0.2, 0.25) is 0 Å². The number of ether oxygens (including phenoxy) is 1. The fourth-order valence-corrected chi connectivity index (χ4v) is 4.67. The summed E-state index contributed by atoms with van der Waals surface area (Å²) in [5.41, 5.74) is 0.630. The number of nitrogens with zero attached hydrogens (tertiary/aromatic N) is 1. The molecule has 1 amide bonds. The standard InChI is InChI=1S/C16H20ClNO5S/c1-2-18(13-7-8-24(21,22)11-13)15(19)10-23-16(20)9-12-5-3-4-6-14(12)17/h3-6,13H,2,7-11H2,1H3. The van der Waals surface area contributed by atoms with Gasteiger partial charge in [-0.25, -0.2) is 8.42 Å². The molecule has 0 radical (unpaired) electrons. The van der Waals surface area contributed by atoms with Gasteiger partial charge in [0.15, 0.2) is 16.4 Å². The van der Waals surface area contributed by atoms with E-state index in [0.29, 0.717) is 23.6 Å². The Morgan fingerprint density at radius 2 is 2.04 bits per heavy atom. The van der Waals surface area contributed by atoms with Crippen molar-refractivity contribution in [3.05, 3.63) is 34.9 Å². The Morgan fingerprint density at radius 1 is 1.33 bits per heavy atom. The maximum absolute atomic E-state index is 12.2. The second kappa shape index (κ2) is 7.98. The Labute approximate surface area is 146 Å². The van der Waals surface area contributed by atoms with Crippen molar-refractivity contribution in [2.45, 2.75) is 25.8 Å². The van der Waals surface area contributed by atoms with Gasteiger partial charge >= 0.3 is 5.97 Å². The third-order valence-corrected chi connectivity index (χ3v) is 6.08. The lowest BCUT2D eigenvalue weighted by Gasteiger charge is -2.26. The van der Waals surface area contributed by atoms with E-state index in [0.717, 1.165) is 0 Å². The lowest BCUT2D eigenvalue weighted by molar-refractivity contribution is -0.152. The van der Waals surface area contributed by atoms with Gasteiger partial charge in [0.1, 0.15) is 0 Å². The molecule has 6 nitrogen and oxygen atoms in total. The molecule has 8 heteroatoms. The van der Waals surface area contributed by atoms with Gasteiger partial charge in [0, 0.05) is 17.6 Å². The molecule has 1 aliphatic rings. The van der Waals surface area contributed by atoms with E-state index in [1.54, 1.807) is 31.2 Å². The zero-order valence-electron chi connectivity index (χ0n) is 13.4. The SMILES string of the molecule is CCN(C(=O)COC(=O)Cc1ccccc1Cl)C1CCS(=O)(=O)C1. The normalized spacial score (nSPS) is 19.0. The zero-order chi connectivity index (χ0) is 17.7. The van der Waals surface area contributed by atoms with Crippen molar-refractivity contribution >= 4 is 33.3 Å². The molecule has 132 valence electrons. The van der Waals surface area contributed by atoms with Crippen molar-refractivity contribution < 1.29 is 22.7 Å². The summed E-state index contributed by atoms with van der Waals surface area (Å²) in [5.74, 6) is -0.868. The van der Waals surface area contributed by atoms with Gasteiger partial charge in [-0.05, 0) is 25.0 Å². The van der Waals surface area contributed by atoms with E-state index >= 15 is 0 Å². The molecule has 1 aromatic rings. The van der Waals surface area contributed by atoms with E-state index in [4.69, 9.17) is 16.3 Å². The van der Waals surface area contributed by atoms with Crippen LogP contribution in [-0.2, 0) is 30.6 Å². The molecule has 1 unspecified atom stereocenters. The van der Waals surface area contributed by atoms with Gasteiger partial charge in [-0.3, -0.25) is 9.59 Å². The first-order valence-corrected chi connectivity index (χ1v) is 9.91.